The van der Waals surface area contributed by atoms with Crippen LogP contribution in [0.3, 0.4) is 0 Å². The van der Waals surface area contributed by atoms with Crippen molar-refractivity contribution >= 4 is 17.5 Å². The van der Waals surface area contributed by atoms with Gasteiger partial charge >= 0.3 is 5.69 Å². The zero-order valence-electron chi connectivity index (χ0n) is 21.3. The molecular weight excluding hydrogens is 525 g/mol. The van der Waals surface area contributed by atoms with Crippen LogP contribution in [-0.4, -0.2) is 55.4 Å². The number of hydrogen-bond donors (Lipinski definition) is 5. The Hall–Kier alpha value is -5.78. The quantitative estimate of drug-likeness (QED) is 0.150. The molecule has 4 aromatic rings. The molecule has 0 bridgehead atoms. The minimum atomic E-state index is -0.876. The molecule has 4 rings (SSSR count). The zero-order valence-corrected chi connectivity index (χ0v) is 21.3. The van der Waals surface area contributed by atoms with Crippen LogP contribution in [0.5, 0.6) is 11.5 Å². The van der Waals surface area contributed by atoms with Gasteiger partial charge in [-0.3, -0.25) is 15.2 Å². The maximum Gasteiger partial charge on any atom is 0.350 e. The summed E-state index contributed by atoms with van der Waals surface area (Å²) >= 11 is 0. The first-order chi connectivity index (χ1) is 19.1. The molecule has 0 aliphatic rings. The number of aromatic amines is 1. The number of hydrogen-bond acceptors (Lipinski definition) is 10. The van der Waals surface area contributed by atoms with Crippen LogP contribution in [0, 0.1) is 22.6 Å². The Morgan fingerprint density at radius 2 is 1.95 bits per heavy atom. The maximum atomic E-state index is 15.0. The Balaban J connectivity index is 0.00000103. The third kappa shape index (κ3) is 7.16. The van der Waals surface area contributed by atoms with E-state index >= 15 is 4.39 Å². The van der Waals surface area contributed by atoms with Gasteiger partial charge in [0.25, 0.3) is 11.9 Å². The minimum Gasteiger partial charge on any atom is -0.493 e. The average molecular weight is 550 g/mol. The first-order valence-electron chi connectivity index (χ1n) is 11.4. The molecule has 15 heteroatoms. The van der Waals surface area contributed by atoms with Gasteiger partial charge in [-0.25, -0.2) is 19.2 Å². The summed E-state index contributed by atoms with van der Waals surface area (Å²) in [4.78, 5) is 32.4. The molecule has 1 atom stereocenters. The number of aliphatic carboxylic acids is 1. The number of ether oxygens (including phenoxy) is 2. The predicted octanol–water partition coefficient (Wildman–Crippen LogP) is 1.98. The Kier molecular flexibility index (Phi) is 9.46. The summed E-state index contributed by atoms with van der Waals surface area (Å²) in [7, 11) is 1.34. The Morgan fingerprint density at radius 3 is 2.52 bits per heavy atom. The second kappa shape index (κ2) is 13.1. The first-order valence-corrected chi connectivity index (χ1v) is 11.4. The predicted molar refractivity (Wildman–Crippen MR) is 140 cm³/mol. The van der Waals surface area contributed by atoms with Crippen molar-refractivity contribution in [1.29, 1.82) is 10.7 Å². The average Bonchev–Trinajstić information content (AvgIpc) is 3.32. The van der Waals surface area contributed by atoms with E-state index in [0.29, 0.717) is 16.8 Å². The molecular formula is C25H24FN9O5. The highest BCUT2D eigenvalue weighted by molar-refractivity contribution is 5.95. The molecule has 0 saturated heterocycles. The number of benzene rings is 2. The molecule has 2 heterocycles. The molecule has 2 aromatic heterocycles. The van der Waals surface area contributed by atoms with Crippen LogP contribution in [0.15, 0.2) is 59.7 Å². The fourth-order valence-electron chi connectivity index (χ4n) is 3.38. The molecule has 1 unspecified atom stereocenters. The number of nitrogens with one attached hydrogen (secondary N) is 3. The number of carboxylic acid groups (broad SMARTS) is 1. The number of carboxylic acids is 1. The number of rotatable bonds is 9. The van der Waals surface area contributed by atoms with Crippen LogP contribution < -0.4 is 26.2 Å². The van der Waals surface area contributed by atoms with Crippen LogP contribution in [-0.2, 0) is 4.79 Å². The fraction of sp³-hybridized carbons (Fsp3) is 0.160. The number of nitrogens with two attached hydrogens (primary N) is 1. The van der Waals surface area contributed by atoms with Crippen LogP contribution in [0.25, 0.3) is 5.95 Å². The van der Waals surface area contributed by atoms with E-state index in [1.807, 2.05) is 0 Å². The van der Waals surface area contributed by atoms with Gasteiger partial charge in [-0.2, -0.15) is 5.26 Å². The molecule has 0 saturated carbocycles. The molecule has 206 valence electrons. The first kappa shape index (κ1) is 28.8. The summed E-state index contributed by atoms with van der Waals surface area (Å²) in [6.07, 6.45) is 2.94. The van der Waals surface area contributed by atoms with E-state index in [1.54, 1.807) is 36.4 Å². The largest absolute Gasteiger partial charge is 0.493 e. The van der Waals surface area contributed by atoms with Crippen molar-refractivity contribution in [3.63, 3.8) is 0 Å². The third-order valence-corrected chi connectivity index (χ3v) is 5.02. The summed E-state index contributed by atoms with van der Waals surface area (Å²) in [5, 5.41) is 31.3. The SMILES string of the molecule is CC(=O)O.COc1cc(C(Nc2ccc(C(=N)N)cc2)c2nn(-c3ncccn3)c(=O)[nH]2)cc(F)c1OCC#N. The van der Waals surface area contributed by atoms with Crippen LogP contribution in [0.1, 0.15) is 29.9 Å². The highest BCUT2D eigenvalue weighted by Crippen LogP contribution is 2.36. The molecule has 14 nitrogen and oxygen atoms in total. The van der Waals surface area contributed by atoms with E-state index in [4.69, 9.17) is 35.8 Å². The number of anilines is 1. The normalized spacial score (nSPS) is 10.8. The van der Waals surface area contributed by atoms with Gasteiger partial charge < -0.3 is 25.6 Å². The number of nitriles is 1. The van der Waals surface area contributed by atoms with Crippen molar-refractivity contribution in [1.82, 2.24) is 24.7 Å². The van der Waals surface area contributed by atoms with Crippen molar-refractivity contribution in [3.05, 3.63) is 88.1 Å². The van der Waals surface area contributed by atoms with Crippen molar-refractivity contribution in [3.8, 4) is 23.5 Å². The second-order valence-electron chi connectivity index (χ2n) is 7.84. The summed E-state index contributed by atoms with van der Waals surface area (Å²) < 4.78 is 26.5. The van der Waals surface area contributed by atoms with Crippen LogP contribution in [0.4, 0.5) is 10.1 Å². The molecule has 0 amide bonds. The van der Waals surface area contributed by atoms with Gasteiger partial charge in [-0.05, 0) is 48.0 Å². The fourth-order valence-corrected chi connectivity index (χ4v) is 3.38. The standard InChI is InChI=1S/C23H20FN9O3.C2H4O2/c1-35-17-12-14(11-16(24)19(17)36-10-7-25)18(30-15-5-3-13(4-6-15)20(26)27)21-31-23(34)33(32-21)22-28-8-2-9-29-22;1-2(3)4/h2-6,8-9,11-12,18,30H,10H2,1H3,(H3,26,27)(H,31,32,34);1H3,(H,3,4). The number of methoxy groups -OCH3 is 1. The topological polar surface area (TPSA) is 218 Å². The lowest BCUT2D eigenvalue weighted by atomic mass is 10.0. The Morgan fingerprint density at radius 1 is 1.30 bits per heavy atom. The number of aromatic nitrogens is 5. The van der Waals surface area contributed by atoms with Gasteiger partial charge in [0.2, 0.25) is 0 Å². The van der Waals surface area contributed by atoms with E-state index in [9.17, 15) is 4.79 Å². The molecule has 40 heavy (non-hydrogen) atoms. The molecule has 0 spiro atoms. The number of halogens is 1. The van der Waals surface area contributed by atoms with Gasteiger partial charge in [0.05, 0.1) is 7.11 Å². The van der Waals surface area contributed by atoms with Crippen molar-refractivity contribution in [2.45, 2.75) is 13.0 Å². The number of carbonyl (C=O) groups is 1. The molecule has 0 aliphatic carbocycles. The number of nitrogen functional groups attached to an aromatic ring is 1. The summed E-state index contributed by atoms with van der Waals surface area (Å²) in [5.41, 5.74) is 6.35. The lowest BCUT2D eigenvalue weighted by Gasteiger charge is -2.20. The molecule has 0 radical (unpaired) electrons. The molecule has 0 fully saturated rings. The van der Waals surface area contributed by atoms with Crippen molar-refractivity contribution in [2.24, 2.45) is 5.73 Å². The highest BCUT2D eigenvalue weighted by atomic mass is 19.1. The molecule has 6 N–H and O–H groups in total. The van der Waals surface area contributed by atoms with E-state index in [1.165, 1.54) is 31.6 Å². The van der Waals surface area contributed by atoms with Crippen LogP contribution in [0.2, 0.25) is 0 Å². The lowest BCUT2D eigenvalue weighted by Crippen LogP contribution is -2.18. The van der Waals surface area contributed by atoms with E-state index in [2.05, 4.69) is 25.4 Å². The van der Waals surface area contributed by atoms with Gasteiger partial charge in [0.15, 0.2) is 29.7 Å². The van der Waals surface area contributed by atoms with Gasteiger partial charge in [-0.15, -0.1) is 9.78 Å². The minimum absolute atomic E-state index is 0.0483. The van der Waals surface area contributed by atoms with E-state index in [-0.39, 0.29) is 35.7 Å². The van der Waals surface area contributed by atoms with Gasteiger partial charge in [0.1, 0.15) is 17.9 Å². The molecule has 2 aromatic carbocycles. The Bertz CT molecular complexity index is 1580. The van der Waals surface area contributed by atoms with Crippen molar-refractivity contribution in [2.75, 3.05) is 19.0 Å². The number of nitrogens with zero attached hydrogens (tertiary/aromatic N) is 5. The number of H-pyrrole nitrogens is 1. The smallest absolute Gasteiger partial charge is 0.350 e. The molecule has 0 aliphatic heterocycles. The van der Waals surface area contributed by atoms with Gasteiger partial charge in [-0.1, -0.05) is 0 Å². The summed E-state index contributed by atoms with van der Waals surface area (Å²) in [6, 6.07) is 11.8. The van der Waals surface area contributed by atoms with E-state index < -0.39 is 23.5 Å². The monoisotopic (exact) mass is 549 g/mol. The van der Waals surface area contributed by atoms with Crippen LogP contribution >= 0.6 is 0 Å². The maximum absolute atomic E-state index is 15.0. The van der Waals surface area contributed by atoms with E-state index in [0.717, 1.165) is 11.6 Å². The highest BCUT2D eigenvalue weighted by Gasteiger charge is 2.24. The third-order valence-electron chi connectivity index (χ3n) is 5.02. The lowest BCUT2D eigenvalue weighted by molar-refractivity contribution is -0.134. The summed E-state index contributed by atoms with van der Waals surface area (Å²) in [5.74, 6) is -1.68. The zero-order chi connectivity index (χ0) is 29.2. The number of amidine groups is 1. The Labute approximate surface area is 226 Å². The van der Waals surface area contributed by atoms with Gasteiger partial charge in [0, 0.05) is 30.6 Å². The van der Waals surface area contributed by atoms with Crippen molar-refractivity contribution < 1.29 is 23.8 Å². The second-order valence-corrected chi connectivity index (χ2v) is 7.84. The summed E-state index contributed by atoms with van der Waals surface area (Å²) in [6.45, 7) is 0.714.